The van der Waals surface area contributed by atoms with E-state index in [4.69, 9.17) is 4.98 Å². The molecule has 2 aliphatic rings. The lowest BCUT2D eigenvalue weighted by Gasteiger charge is -2.32. The Bertz CT molecular complexity index is 1280. The van der Waals surface area contributed by atoms with Gasteiger partial charge < -0.3 is 10.6 Å². The molecule has 3 aromatic rings. The van der Waals surface area contributed by atoms with Crippen LogP contribution >= 0.6 is 0 Å². The SMILES string of the molecule is CCn1nccc1C(=O)N[C@H](c1cn2ncc(CC3CC(F)(F)CNC3=O)cc2n1)[C@H]1CC[C@H](C)CC1. The van der Waals surface area contributed by atoms with E-state index >= 15 is 0 Å². The van der Waals surface area contributed by atoms with E-state index in [0.29, 0.717) is 35.1 Å². The maximum atomic E-state index is 13.8. The summed E-state index contributed by atoms with van der Waals surface area (Å²) in [6, 6.07) is 3.19. The van der Waals surface area contributed by atoms with E-state index in [-0.39, 0.29) is 30.2 Å². The Morgan fingerprint density at radius 1 is 1.27 bits per heavy atom. The van der Waals surface area contributed by atoms with Gasteiger partial charge in [-0.1, -0.05) is 19.8 Å². The normalized spacial score (nSPS) is 24.5. The maximum Gasteiger partial charge on any atom is 0.270 e. The largest absolute Gasteiger partial charge is 0.350 e. The topological polar surface area (TPSA) is 106 Å². The lowest BCUT2D eigenvalue weighted by Crippen LogP contribution is -2.48. The van der Waals surface area contributed by atoms with E-state index in [1.54, 1.807) is 33.7 Å². The van der Waals surface area contributed by atoms with Crippen molar-refractivity contribution < 1.29 is 18.4 Å². The van der Waals surface area contributed by atoms with Crippen LogP contribution in [0.3, 0.4) is 0 Å². The Kier molecular flexibility index (Phi) is 6.96. The first-order chi connectivity index (χ1) is 17.7. The molecular weight excluding hydrogens is 480 g/mol. The van der Waals surface area contributed by atoms with Crippen molar-refractivity contribution in [2.75, 3.05) is 6.54 Å². The average molecular weight is 514 g/mol. The summed E-state index contributed by atoms with van der Waals surface area (Å²) in [6.07, 6.45) is 8.86. The zero-order chi connectivity index (χ0) is 26.2. The standard InChI is InChI=1S/C26H33F2N7O2/c1-3-34-21(8-9-30-34)25(37)33-23(18-6-4-16(2)5-7-18)20-14-35-22(32-20)11-17(13-31-35)10-19-12-26(27,28)15-29-24(19)36/h8-9,11,13-14,16,18-19,23H,3-7,10,12,15H2,1-2H3,(H,29,36)(H,33,37)/t16-,18-,19?,23-/m0/s1. The number of piperidine rings is 1. The highest BCUT2D eigenvalue weighted by molar-refractivity contribution is 5.92. The fraction of sp³-hybridized carbons (Fsp3) is 0.577. The third-order valence-electron chi connectivity index (χ3n) is 7.70. The van der Waals surface area contributed by atoms with Gasteiger partial charge in [-0.3, -0.25) is 14.3 Å². The van der Waals surface area contributed by atoms with E-state index in [9.17, 15) is 18.4 Å². The average Bonchev–Trinajstić information content (AvgIpc) is 3.52. The number of carbonyl (C=O) groups is 2. The fourth-order valence-corrected chi connectivity index (χ4v) is 5.58. The molecule has 4 heterocycles. The van der Waals surface area contributed by atoms with Crippen molar-refractivity contribution in [1.29, 1.82) is 0 Å². The molecule has 1 aliphatic heterocycles. The number of nitrogens with zero attached hydrogens (tertiary/aromatic N) is 5. The molecule has 2 atom stereocenters. The van der Waals surface area contributed by atoms with Gasteiger partial charge in [0.05, 0.1) is 30.7 Å². The number of hydrogen-bond donors (Lipinski definition) is 2. The molecule has 3 aromatic heterocycles. The zero-order valence-electron chi connectivity index (χ0n) is 21.2. The molecule has 9 nitrogen and oxygen atoms in total. The maximum absolute atomic E-state index is 13.8. The van der Waals surface area contributed by atoms with Gasteiger partial charge in [0.15, 0.2) is 5.65 Å². The van der Waals surface area contributed by atoms with E-state index in [1.165, 1.54) is 0 Å². The third kappa shape index (κ3) is 5.50. The smallest absolute Gasteiger partial charge is 0.270 e. The number of fused-ring (bicyclic) bond motifs is 1. The summed E-state index contributed by atoms with van der Waals surface area (Å²) < 4.78 is 31.0. The van der Waals surface area contributed by atoms with Gasteiger partial charge in [-0.25, -0.2) is 18.3 Å². The number of amides is 2. The van der Waals surface area contributed by atoms with Crippen LogP contribution in [0.2, 0.25) is 0 Å². The van der Waals surface area contributed by atoms with E-state index in [1.807, 2.05) is 13.1 Å². The zero-order valence-corrected chi connectivity index (χ0v) is 21.2. The molecule has 1 saturated heterocycles. The molecule has 0 bridgehead atoms. The number of rotatable bonds is 7. The van der Waals surface area contributed by atoms with Crippen molar-refractivity contribution in [2.45, 2.75) is 70.9 Å². The minimum atomic E-state index is -2.91. The lowest BCUT2D eigenvalue weighted by atomic mass is 9.78. The summed E-state index contributed by atoms with van der Waals surface area (Å²) in [6.45, 7) is 4.17. The summed E-state index contributed by atoms with van der Waals surface area (Å²) >= 11 is 0. The number of aromatic nitrogens is 5. The second kappa shape index (κ2) is 10.2. The van der Waals surface area contributed by atoms with E-state index in [2.05, 4.69) is 27.8 Å². The van der Waals surface area contributed by atoms with Gasteiger partial charge in [0.25, 0.3) is 11.8 Å². The van der Waals surface area contributed by atoms with Crippen LogP contribution in [0.25, 0.3) is 5.65 Å². The number of aryl methyl sites for hydroxylation is 1. The molecule has 0 radical (unpaired) electrons. The molecule has 0 aromatic carbocycles. The first-order valence-corrected chi connectivity index (χ1v) is 13.0. The number of alkyl halides is 2. The lowest BCUT2D eigenvalue weighted by molar-refractivity contribution is -0.136. The molecule has 198 valence electrons. The van der Waals surface area contributed by atoms with Crippen LogP contribution in [-0.4, -0.2) is 48.7 Å². The monoisotopic (exact) mass is 513 g/mol. The Morgan fingerprint density at radius 2 is 2.05 bits per heavy atom. The molecule has 0 spiro atoms. The van der Waals surface area contributed by atoms with Crippen LogP contribution in [0.15, 0.2) is 30.7 Å². The molecule has 1 aliphatic carbocycles. The van der Waals surface area contributed by atoms with Crippen LogP contribution in [0.4, 0.5) is 8.78 Å². The van der Waals surface area contributed by atoms with Gasteiger partial charge in [0.1, 0.15) is 5.69 Å². The molecular formula is C26H33F2N7O2. The Morgan fingerprint density at radius 3 is 2.81 bits per heavy atom. The first-order valence-electron chi connectivity index (χ1n) is 13.0. The quantitative estimate of drug-likeness (QED) is 0.503. The Balaban J connectivity index is 1.40. The van der Waals surface area contributed by atoms with Crippen LogP contribution in [0.1, 0.15) is 73.7 Å². The Hall–Kier alpha value is -3.37. The van der Waals surface area contributed by atoms with Crippen molar-refractivity contribution in [1.82, 2.24) is 35.0 Å². The predicted octanol–water partition coefficient (Wildman–Crippen LogP) is 3.56. The summed E-state index contributed by atoms with van der Waals surface area (Å²) in [5.74, 6) is -3.40. The first kappa shape index (κ1) is 25.3. The van der Waals surface area contributed by atoms with Crippen molar-refractivity contribution in [3.05, 3.63) is 47.7 Å². The number of hydrogen-bond acceptors (Lipinski definition) is 5. The number of nitrogens with one attached hydrogen (secondary N) is 2. The van der Waals surface area contributed by atoms with E-state index < -0.39 is 24.8 Å². The highest BCUT2D eigenvalue weighted by atomic mass is 19.3. The van der Waals surface area contributed by atoms with Crippen LogP contribution < -0.4 is 10.6 Å². The van der Waals surface area contributed by atoms with Gasteiger partial charge in [-0.05, 0) is 55.7 Å². The molecule has 2 N–H and O–H groups in total. The minimum Gasteiger partial charge on any atom is -0.350 e. The van der Waals surface area contributed by atoms with Gasteiger partial charge in [-0.2, -0.15) is 10.2 Å². The van der Waals surface area contributed by atoms with Crippen molar-refractivity contribution in [2.24, 2.45) is 17.8 Å². The van der Waals surface area contributed by atoms with Gasteiger partial charge >= 0.3 is 0 Å². The molecule has 2 fully saturated rings. The fourth-order valence-electron chi connectivity index (χ4n) is 5.58. The van der Waals surface area contributed by atoms with Crippen molar-refractivity contribution >= 4 is 17.5 Å². The second-order valence-corrected chi connectivity index (χ2v) is 10.5. The predicted molar refractivity (Wildman–Crippen MR) is 132 cm³/mol. The van der Waals surface area contributed by atoms with Crippen molar-refractivity contribution in [3.8, 4) is 0 Å². The molecule has 1 saturated carbocycles. The second-order valence-electron chi connectivity index (χ2n) is 10.5. The number of imidazole rings is 1. The molecule has 1 unspecified atom stereocenters. The molecule has 2 amide bonds. The van der Waals surface area contributed by atoms with Crippen LogP contribution in [-0.2, 0) is 17.8 Å². The summed E-state index contributed by atoms with van der Waals surface area (Å²) in [7, 11) is 0. The van der Waals surface area contributed by atoms with Gasteiger partial charge in [-0.15, -0.1) is 0 Å². The van der Waals surface area contributed by atoms with E-state index in [0.717, 1.165) is 25.7 Å². The molecule has 11 heteroatoms. The van der Waals surface area contributed by atoms with Crippen LogP contribution in [0, 0.1) is 17.8 Å². The van der Waals surface area contributed by atoms with Crippen molar-refractivity contribution in [3.63, 3.8) is 0 Å². The highest BCUT2D eigenvalue weighted by Crippen LogP contribution is 2.37. The van der Waals surface area contributed by atoms with Gasteiger partial charge in [0, 0.05) is 25.1 Å². The summed E-state index contributed by atoms with van der Waals surface area (Å²) in [5.41, 5.74) is 2.43. The number of halogens is 2. The molecule has 37 heavy (non-hydrogen) atoms. The van der Waals surface area contributed by atoms with Gasteiger partial charge in [0.2, 0.25) is 5.91 Å². The third-order valence-corrected chi connectivity index (χ3v) is 7.70. The summed E-state index contributed by atoms with van der Waals surface area (Å²) in [4.78, 5) is 30.2. The minimum absolute atomic E-state index is 0.162. The molecule has 5 rings (SSSR count). The summed E-state index contributed by atoms with van der Waals surface area (Å²) in [5, 5.41) is 14.2. The Labute approximate surface area is 214 Å². The number of carbonyl (C=O) groups excluding carboxylic acids is 2. The van der Waals surface area contributed by atoms with Crippen LogP contribution in [0.5, 0.6) is 0 Å². The highest BCUT2D eigenvalue weighted by Gasteiger charge is 2.40.